The molecule has 0 saturated heterocycles. The third-order valence-electron chi connectivity index (χ3n) is 0.839. The number of ketones is 1. The van der Waals surface area contributed by atoms with Crippen LogP contribution in [0, 0.1) is 0 Å². The predicted octanol–water partition coefficient (Wildman–Crippen LogP) is 0.151. The molecule has 0 aliphatic rings. The van der Waals surface area contributed by atoms with E-state index in [9.17, 15) is 9.59 Å². The average molecular weight is 157 g/mol. The zero-order chi connectivity index (χ0) is 9.02. The van der Waals surface area contributed by atoms with E-state index in [1.807, 2.05) is 0 Å². The zero-order valence-electron chi connectivity index (χ0n) is 6.88. The second kappa shape index (κ2) is 3.88. The van der Waals surface area contributed by atoms with Gasteiger partial charge < -0.3 is 4.84 Å². The molecule has 0 fully saturated rings. The molecule has 0 heterocycles. The van der Waals surface area contributed by atoms with E-state index in [2.05, 4.69) is 11.4 Å². The van der Waals surface area contributed by atoms with Crippen molar-refractivity contribution in [1.29, 1.82) is 0 Å². The van der Waals surface area contributed by atoms with E-state index in [0.29, 0.717) is 0 Å². The minimum atomic E-state index is -0.900. The van der Waals surface area contributed by atoms with Crippen molar-refractivity contribution in [2.24, 2.45) is 0 Å². The van der Waals surface area contributed by atoms with Crippen LogP contribution >= 0.6 is 0 Å². The smallest absolute Gasteiger partial charge is 0.362 e. The number of hydroxylamine groups is 2. The van der Waals surface area contributed by atoms with Crippen LogP contribution in [0.15, 0.2) is 12.2 Å². The fourth-order valence-electron chi connectivity index (χ4n) is 0.382. The Bertz CT molecular complexity index is 196. The van der Waals surface area contributed by atoms with Gasteiger partial charge in [-0.25, -0.2) is 4.79 Å². The van der Waals surface area contributed by atoms with Crippen LogP contribution in [0.3, 0.4) is 0 Å². The zero-order valence-corrected chi connectivity index (χ0v) is 6.88. The second-order valence-electron chi connectivity index (χ2n) is 2.30. The molecular formula is C7H11NO3. The summed E-state index contributed by atoms with van der Waals surface area (Å²) in [4.78, 5) is 26.0. The minimum absolute atomic E-state index is 0.178. The first-order valence-corrected chi connectivity index (χ1v) is 3.04. The highest BCUT2D eigenvalue weighted by molar-refractivity contribution is 6.40. The molecule has 0 aliphatic carbocycles. The van der Waals surface area contributed by atoms with Crippen molar-refractivity contribution in [1.82, 2.24) is 5.06 Å². The molecule has 0 saturated carbocycles. The van der Waals surface area contributed by atoms with Crippen LogP contribution < -0.4 is 0 Å². The van der Waals surface area contributed by atoms with Gasteiger partial charge in [-0.1, -0.05) is 6.58 Å². The van der Waals surface area contributed by atoms with Crippen LogP contribution in [0.2, 0.25) is 0 Å². The van der Waals surface area contributed by atoms with E-state index in [4.69, 9.17) is 0 Å². The average Bonchev–Trinajstić information content (AvgIpc) is 1.84. The predicted molar refractivity (Wildman–Crippen MR) is 39.6 cm³/mol. The molecule has 0 aromatic heterocycles. The number of rotatable bonds is 3. The Morgan fingerprint density at radius 3 is 2.09 bits per heavy atom. The largest absolute Gasteiger partial charge is 0.398 e. The molecule has 0 amide bonds. The van der Waals surface area contributed by atoms with Gasteiger partial charge in [-0.05, 0) is 12.5 Å². The van der Waals surface area contributed by atoms with Gasteiger partial charge in [0.2, 0.25) is 0 Å². The van der Waals surface area contributed by atoms with E-state index in [1.165, 1.54) is 21.0 Å². The molecule has 11 heavy (non-hydrogen) atoms. The third kappa shape index (κ3) is 3.52. The normalized spacial score (nSPS) is 9.45. The summed E-state index contributed by atoms with van der Waals surface area (Å²) in [6.45, 7) is 4.77. The summed E-state index contributed by atoms with van der Waals surface area (Å²) < 4.78 is 0. The minimum Gasteiger partial charge on any atom is -0.362 e. The molecule has 0 atom stereocenters. The Morgan fingerprint density at radius 2 is 1.82 bits per heavy atom. The summed E-state index contributed by atoms with van der Waals surface area (Å²) >= 11 is 0. The first-order chi connectivity index (χ1) is 4.95. The summed E-state index contributed by atoms with van der Waals surface area (Å²) in [6, 6.07) is 0. The van der Waals surface area contributed by atoms with Gasteiger partial charge in [0.15, 0.2) is 0 Å². The summed E-state index contributed by atoms with van der Waals surface area (Å²) in [5.41, 5.74) is 0.178. The Kier molecular flexibility index (Phi) is 3.47. The van der Waals surface area contributed by atoms with Crippen LogP contribution in [-0.2, 0) is 14.4 Å². The van der Waals surface area contributed by atoms with Crippen molar-refractivity contribution in [3.05, 3.63) is 12.2 Å². The molecule has 0 bridgehead atoms. The van der Waals surface area contributed by atoms with Crippen LogP contribution in [0.4, 0.5) is 0 Å². The van der Waals surface area contributed by atoms with Crippen LogP contribution in [-0.4, -0.2) is 30.9 Å². The molecule has 0 unspecified atom stereocenters. The lowest BCUT2D eigenvalue weighted by molar-refractivity contribution is -0.180. The SMILES string of the molecule is C=C(C)C(=O)C(=O)ON(C)C. The van der Waals surface area contributed by atoms with Crippen molar-refractivity contribution in [2.75, 3.05) is 14.1 Å². The van der Waals surface area contributed by atoms with E-state index >= 15 is 0 Å². The lowest BCUT2D eigenvalue weighted by atomic mass is 10.2. The highest BCUT2D eigenvalue weighted by atomic mass is 16.7. The van der Waals surface area contributed by atoms with E-state index in [-0.39, 0.29) is 5.57 Å². The Labute approximate surface area is 65.4 Å². The van der Waals surface area contributed by atoms with Crippen LogP contribution in [0.25, 0.3) is 0 Å². The number of hydrogen-bond acceptors (Lipinski definition) is 4. The maximum Gasteiger partial charge on any atom is 0.398 e. The first-order valence-electron chi connectivity index (χ1n) is 3.04. The molecule has 0 radical (unpaired) electrons. The molecule has 4 nitrogen and oxygen atoms in total. The Hall–Kier alpha value is -1.16. The highest BCUT2D eigenvalue weighted by Gasteiger charge is 2.16. The number of carbonyl (C=O) groups excluding carboxylic acids is 2. The number of Topliss-reactive ketones (excluding diaryl/α,β-unsaturated/α-hetero) is 1. The second-order valence-corrected chi connectivity index (χ2v) is 2.30. The van der Waals surface area contributed by atoms with Gasteiger partial charge in [0.1, 0.15) is 0 Å². The monoisotopic (exact) mass is 157 g/mol. The van der Waals surface area contributed by atoms with Gasteiger partial charge in [0, 0.05) is 14.1 Å². The highest BCUT2D eigenvalue weighted by Crippen LogP contribution is 1.93. The molecule has 0 aromatic rings. The summed E-state index contributed by atoms with van der Waals surface area (Å²) in [5, 5.41) is 1.16. The maximum atomic E-state index is 10.8. The van der Waals surface area contributed by atoms with Gasteiger partial charge in [0.05, 0.1) is 0 Å². The molecule has 4 heteroatoms. The maximum absolute atomic E-state index is 10.8. The molecule has 0 spiro atoms. The molecule has 0 aliphatic heterocycles. The van der Waals surface area contributed by atoms with Crippen molar-refractivity contribution in [3.63, 3.8) is 0 Å². The van der Waals surface area contributed by atoms with E-state index < -0.39 is 11.8 Å². The first kappa shape index (κ1) is 9.84. The fourth-order valence-corrected chi connectivity index (χ4v) is 0.382. The lowest BCUT2D eigenvalue weighted by Crippen LogP contribution is -2.25. The quantitative estimate of drug-likeness (QED) is 0.332. The summed E-state index contributed by atoms with van der Waals surface area (Å²) in [5.74, 6) is -1.60. The Morgan fingerprint density at radius 1 is 1.36 bits per heavy atom. The standard InChI is InChI=1S/C7H11NO3/c1-5(2)6(9)7(10)11-8(3)4/h1H2,2-4H3. The van der Waals surface area contributed by atoms with Gasteiger partial charge >= 0.3 is 5.97 Å². The van der Waals surface area contributed by atoms with Crippen molar-refractivity contribution in [2.45, 2.75) is 6.92 Å². The number of hydrogen-bond donors (Lipinski definition) is 0. The van der Waals surface area contributed by atoms with E-state index in [0.717, 1.165) is 5.06 Å². The summed E-state index contributed by atoms with van der Waals surface area (Å²) in [6.07, 6.45) is 0. The fraction of sp³-hybridized carbons (Fsp3) is 0.429. The Balaban J connectivity index is 4.05. The summed E-state index contributed by atoms with van der Waals surface area (Å²) in [7, 11) is 3.03. The van der Waals surface area contributed by atoms with Gasteiger partial charge in [-0.15, -0.1) is 5.06 Å². The number of nitrogens with zero attached hydrogens (tertiary/aromatic N) is 1. The van der Waals surface area contributed by atoms with E-state index in [1.54, 1.807) is 0 Å². The van der Waals surface area contributed by atoms with Crippen molar-refractivity contribution in [3.8, 4) is 0 Å². The van der Waals surface area contributed by atoms with Crippen molar-refractivity contribution < 1.29 is 14.4 Å². The lowest BCUT2D eigenvalue weighted by Gasteiger charge is -2.08. The van der Waals surface area contributed by atoms with Gasteiger partial charge in [0.25, 0.3) is 5.78 Å². The molecule has 0 N–H and O–H groups in total. The third-order valence-corrected chi connectivity index (χ3v) is 0.839. The topological polar surface area (TPSA) is 46.6 Å². The van der Waals surface area contributed by atoms with Crippen molar-refractivity contribution >= 4 is 11.8 Å². The molecule has 0 aromatic carbocycles. The molecular weight excluding hydrogens is 146 g/mol. The number of carbonyl (C=O) groups is 2. The van der Waals surface area contributed by atoms with Crippen LogP contribution in [0.1, 0.15) is 6.92 Å². The molecule has 62 valence electrons. The molecule has 0 rings (SSSR count). The van der Waals surface area contributed by atoms with Crippen LogP contribution in [0.5, 0.6) is 0 Å². The van der Waals surface area contributed by atoms with Gasteiger partial charge in [-0.2, -0.15) is 0 Å². The van der Waals surface area contributed by atoms with Gasteiger partial charge in [-0.3, -0.25) is 4.79 Å².